The van der Waals surface area contributed by atoms with Crippen molar-refractivity contribution < 1.29 is 34.5 Å². The molecular formula is C27H36N8O9. The minimum Gasteiger partial charge on any atom is -0.480 e. The zero-order chi connectivity index (χ0) is 32.6. The van der Waals surface area contributed by atoms with Gasteiger partial charge in [-0.1, -0.05) is 75.7 Å². The first-order valence-electron chi connectivity index (χ1n) is 13.7. The molecule has 0 radical (unpaired) electrons. The molecule has 0 aliphatic carbocycles. The second-order valence-electron chi connectivity index (χ2n) is 9.84. The molecule has 0 aliphatic rings. The van der Waals surface area contributed by atoms with Crippen molar-refractivity contribution in [3.63, 3.8) is 0 Å². The highest BCUT2D eigenvalue weighted by Gasteiger charge is 2.32. The molecule has 0 saturated carbocycles. The van der Waals surface area contributed by atoms with Gasteiger partial charge in [0.25, 0.3) is 10.2 Å². The van der Waals surface area contributed by atoms with Gasteiger partial charge in [0.2, 0.25) is 11.7 Å². The summed E-state index contributed by atoms with van der Waals surface area (Å²) in [5.74, 6) is -0.784. The summed E-state index contributed by atoms with van der Waals surface area (Å²) in [6, 6.07) is 14.7. The molecule has 2 atom stereocenters. The number of unbranched alkanes of at least 4 members (excludes halogenated alkanes) is 1. The van der Waals surface area contributed by atoms with Crippen molar-refractivity contribution in [1.29, 1.82) is 0 Å². The number of benzene rings is 2. The molecule has 1 heterocycles. The smallest absolute Gasteiger partial charge is 0.326 e. The summed E-state index contributed by atoms with van der Waals surface area (Å²) in [6.07, 6.45) is 0.868. The van der Waals surface area contributed by atoms with Crippen molar-refractivity contribution in [3.05, 3.63) is 74.3 Å². The zero-order valence-corrected chi connectivity index (χ0v) is 24.6. The standard InChI is InChI=1S/C24H29N5O3.C3H7N3O6/c1-4-5-10-21(30)29(22(16(2)3)24(31)32)15-17-11-13-18(14-12-17)19-8-6-7-9-20(19)23-25-27-28-26-23;4-1-3(12-6(9)10)2-11-5(7)8/h6-9,11-14,16,22H,4-5,10,15H2,1-3H3,(H,31,32)(H,25,26,27,28);3H,1-2,4H2/t22-;3-/m01/s1. The predicted octanol–water partition coefficient (Wildman–Crippen LogP) is 2.89. The molecule has 0 aliphatic heterocycles. The van der Waals surface area contributed by atoms with Gasteiger partial charge in [-0.15, -0.1) is 30.4 Å². The number of tetrazole rings is 1. The van der Waals surface area contributed by atoms with E-state index in [-0.39, 0.29) is 24.9 Å². The first-order valence-corrected chi connectivity index (χ1v) is 13.7. The number of carboxylic acids is 1. The minimum atomic E-state index is -1.11. The number of nitrogens with one attached hydrogen (secondary N) is 1. The largest absolute Gasteiger partial charge is 0.480 e. The van der Waals surface area contributed by atoms with Crippen LogP contribution in [0.4, 0.5) is 0 Å². The second-order valence-corrected chi connectivity index (χ2v) is 9.84. The van der Waals surface area contributed by atoms with Gasteiger partial charge in [0.05, 0.1) is 0 Å². The summed E-state index contributed by atoms with van der Waals surface area (Å²) in [7, 11) is 0. The number of nitrogens with two attached hydrogens (primary N) is 1. The molecular weight excluding hydrogens is 580 g/mol. The molecule has 4 N–H and O–H groups in total. The van der Waals surface area contributed by atoms with Gasteiger partial charge in [-0.3, -0.25) is 4.79 Å². The highest BCUT2D eigenvalue weighted by Crippen LogP contribution is 2.30. The Balaban J connectivity index is 0.000000477. The van der Waals surface area contributed by atoms with Crippen LogP contribution in [0, 0.1) is 26.1 Å². The second kappa shape index (κ2) is 17.7. The molecule has 0 unspecified atom stereocenters. The summed E-state index contributed by atoms with van der Waals surface area (Å²) in [5, 5.41) is 41.2. The Bertz CT molecular complexity index is 1350. The lowest BCUT2D eigenvalue weighted by molar-refractivity contribution is -0.789. The van der Waals surface area contributed by atoms with Gasteiger partial charge in [-0.25, -0.2) is 4.79 Å². The summed E-state index contributed by atoms with van der Waals surface area (Å²) < 4.78 is 0. The molecule has 1 aromatic heterocycles. The maximum absolute atomic E-state index is 12.9. The summed E-state index contributed by atoms with van der Waals surface area (Å²) in [5.41, 5.74) is 8.64. The average Bonchev–Trinajstić information content (AvgIpc) is 3.53. The lowest BCUT2D eigenvalue weighted by Gasteiger charge is -2.32. The monoisotopic (exact) mass is 616 g/mol. The number of aromatic amines is 1. The first-order chi connectivity index (χ1) is 21.0. The number of hydrogen-bond donors (Lipinski definition) is 3. The van der Waals surface area contributed by atoms with E-state index in [4.69, 9.17) is 5.73 Å². The number of carboxylic acid groups (broad SMARTS) is 1. The Morgan fingerprint density at radius 3 is 2.23 bits per heavy atom. The van der Waals surface area contributed by atoms with Gasteiger partial charge >= 0.3 is 5.97 Å². The minimum absolute atomic E-state index is 0.125. The van der Waals surface area contributed by atoms with Crippen LogP contribution in [-0.2, 0) is 25.8 Å². The van der Waals surface area contributed by atoms with E-state index in [0.29, 0.717) is 12.2 Å². The van der Waals surface area contributed by atoms with Crippen LogP contribution in [0.2, 0.25) is 0 Å². The van der Waals surface area contributed by atoms with Crippen molar-refractivity contribution >= 4 is 11.9 Å². The van der Waals surface area contributed by atoms with E-state index < -0.39 is 34.9 Å². The molecule has 0 saturated heterocycles. The fraction of sp³-hybridized carbons (Fsp3) is 0.444. The topological polar surface area (TPSA) is 243 Å². The Labute approximate surface area is 252 Å². The van der Waals surface area contributed by atoms with E-state index in [1.54, 1.807) is 0 Å². The zero-order valence-electron chi connectivity index (χ0n) is 24.6. The van der Waals surface area contributed by atoms with Crippen LogP contribution in [0.1, 0.15) is 45.6 Å². The van der Waals surface area contributed by atoms with Crippen LogP contribution in [-0.4, -0.2) is 78.0 Å². The molecule has 0 fully saturated rings. The SMILES string of the molecule is CCCCC(=O)N(Cc1ccc(-c2ccccc2-c2nn[nH]n2)cc1)[C@H](C(=O)O)C(C)C.NC[C@H](CO[N+](=O)[O-])O[N+](=O)[O-]. The van der Waals surface area contributed by atoms with Gasteiger partial charge in [-0.05, 0) is 34.2 Å². The Morgan fingerprint density at radius 1 is 1.07 bits per heavy atom. The van der Waals surface area contributed by atoms with E-state index >= 15 is 0 Å². The van der Waals surface area contributed by atoms with Crippen LogP contribution in [0.25, 0.3) is 22.5 Å². The highest BCUT2D eigenvalue weighted by atomic mass is 17.0. The van der Waals surface area contributed by atoms with Crippen LogP contribution < -0.4 is 5.73 Å². The normalized spacial score (nSPS) is 11.9. The number of rotatable bonds is 16. The molecule has 3 aromatic rings. The van der Waals surface area contributed by atoms with E-state index in [0.717, 1.165) is 35.1 Å². The molecule has 238 valence electrons. The van der Waals surface area contributed by atoms with Crippen molar-refractivity contribution in [2.75, 3.05) is 13.2 Å². The number of carbonyl (C=O) groups excluding carboxylic acids is 1. The molecule has 3 rings (SSSR count). The van der Waals surface area contributed by atoms with Crippen LogP contribution >= 0.6 is 0 Å². The quantitative estimate of drug-likeness (QED) is 0.155. The van der Waals surface area contributed by atoms with Crippen LogP contribution in [0.3, 0.4) is 0 Å². The predicted molar refractivity (Wildman–Crippen MR) is 155 cm³/mol. The molecule has 17 nitrogen and oxygen atoms in total. The van der Waals surface area contributed by atoms with Gasteiger partial charge in [0.15, 0.2) is 0 Å². The third kappa shape index (κ3) is 10.9. The third-order valence-electron chi connectivity index (χ3n) is 6.28. The molecule has 2 aromatic carbocycles. The molecule has 1 amide bonds. The fourth-order valence-electron chi connectivity index (χ4n) is 4.19. The molecule has 17 heteroatoms. The van der Waals surface area contributed by atoms with Crippen molar-refractivity contribution in [2.24, 2.45) is 11.7 Å². The van der Waals surface area contributed by atoms with E-state index in [1.807, 2.05) is 69.3 Å². The Kier molecular flexibility index (Phi) is 14.1. The van der Waals surface area contributed by atoms with Crippen molar-refractivity contribution in [3.8, 4) is 22.5 Å². The van der Waals surface area contributed by atoms with Crippen molar-refractivity contribution in [1.82, 2.24) is 25.5 Å². The summed E-state index contributed by atoms with van der Waals surface area (Å²) in [6.45, 7) is 5.15. The number of H-pyrrole nitrogens is 1. The first kappa shape index (κ1) is 35.0. The van der Waals surface area contributed by atoms with Gasteiger partial charge in [0, 0.05) is 25.1 Å². The molecule has 0 spiro atoms. The van der Waals surface area contributed by atoms with Crippen LogP contribution in [0.5, 0.6) is 0 Å². The van der Waals surface area contributed by atoms with Gasteiger partial charge in [0.1, 0.15) is 18.8 Å². The number of hydrogen-bond acceptors (Lipinski definition) is 12. The number of carbonyl (C=O) groups is 2. The fourth-order valence-corrected chi connectivity index (χ4v) is 4.19. The van der Waals surface area contributed by atoms with Crippen molar-refractivity contribution in [2.45, 2.75) is 58.7 Å². The lowest BCUT2D eigenvalue weighted by Crippen LogP contribution is -2.47. The maximum Gasteiger partial charge on any atom is 0.326 e. The maximum atomic E-state index is 12.9. The van der Waals surface area contributed by atoms with E-state index in [9.17, 15) is 34.9 Å². The Morgan fingerprint density at radius 2 is 1.73 bits per heavy atom. The average molecular weight is 617 g/mol. The number of aromatic nitrogens is 4. The van der Waals surface area contributed by atoms with E-state index in [1.165, 1.54) is 4.90 Å². The lowest BCUT2D eigenvalue weighted by atomic mass is 9.97. The van der Waals surface area contributed by atoms with E-state index in [2.05, 4.69) is 30.3 Å². The summed E-state index contributed by atoms with van der Waals surface area (Å²) in [4.78, 5) is 53.4. The number of amides is 1. The van der Waals surface area contributed by atoms with Gasteiger partial charge < -0.3 is 25.4 Å². The molecule has 0 bridgehead atoms. The van der Waals surface area contributed by atoms with Gasteiger partial charge in [-0.2, -0.15) is 5.21 Å². The summed E-state index contributed by atoms with van der Waals surface area (Å²) >= 11 is 0. The highest BCUT2D eigenvalue weighted by molar-refractivity contribution is 5.84. The van der Waals surface area contributed by atoms with Crippen LogP contribution in [0.15, 0.2) is 48.5 Å². The number of nitrogens with zero attached hydrogens (tertiary/aromatic N) is 6. The number of aliphatic carboxylic acids is 1. The third-order valence-corrected chi connectivity index (χ3v) is 6.28. The Hall–Kier alpha value is -5.19. The molecule has 44 heavy (non-hydrogen) atoms.